The van der Waals surface area contributed by atoms with E-state index in [-0.39, 0.29) is 36.6 Å². The second kappa shape index (κ2) is 11.1. The lowest BCUT2D eigenvalue weighted by atomic mass is 10.1. The second-order valence-electron chi connectivity index (χ2n) is 5.96. The molecule has 9 heteroatoms. The van der Waals surface area contributed by atoms with E-state index in [0.717, 1.165) is 42.3 Å². The standard InChI is InChI=1S/C18H24FN5O2.HI/c1-20-18(21-5-2-8-24-9-3-6-23-24)22-7-4-14-10-16(19)11-15-12-25-13-26-17(14)15;/h3,6,9-11H,2,4-5,7-8,12-13H2,1H3,(H2,20,21,22);1H. The fourth-order valence-corrected chi connectivity index (χ4v) is 2.86. The van der Waals surface area contributed by atoms with Gasteiger partial charge in [0, 0.05) is 44.6 Å². The van der Waals surface area contributed by atoms with E-state index in [2.05, 4.69) is 20.7 Å². The van der Waals surface area contributed by atoms with Crippen LogP contribution in [0, 0.1) is 5.82 Å². The third-order valence-electron chi connectivity index (χ3n) is 4.08. The molecule has 3 rings (SSSR count). The van der Waals surface area contributed by atoms with Gasteiger partial charge in [0.2, 0.25) is 0 Å². The molecule has 0 bridgehead atoms. The Balaban J connectivity index is 0.00000261. The number of guanidine groups is 1. The molecule has 2 aromatic rings. The van der Waals surface area contributed by atoms with Crippen LogP contribution < -0.4 is 15.4 Å². The zero-order valence-corrected chi connectivity index (χ0v) is 17.6. The lowest BCUT2D eigenvalue weighted by Gasteiger charge is -2.21. The van der Waals surface area contributed by atoms with Crippen LogP contribution in [-0.4, -0.2) is 42.7 Å². The van der Waals surface area contributed by atoms with Crippen molar-refractivity contribution in [3.63, 3.8) is 0 Å². The number of nitrogens with one attached hydrogen (secondary N) is 2. The summed E-state index contributed by atoms with van der Waals surface area (Å²) in [4.78, 5) is 4.21. The van der Waals surface area contributed by atoms with E-state index >= 15 is 0 Å². The van der Waals surface area contributed by atoms with Crippen LogP contribution in [0.3, 0.4) is 0 Å². The van der Waals surface area contributed by atoms with Crippen LogP contribution in [0.5, 0.6) is 5.75 Å². The highest BCUT2D eigenvalue weighted by atomic mass is 127. The Bertz CT molecular complexity index is 740. The first-order valence-electron chi connectivity index (χ1n) is 8.70. The van der Waals surface area contributed by atoms with Gasteiger partial charge >= 0.3 is 0 Å². The van der Waals surface area contributed by atoms with Crippen molar-refractivity contribution in [1.29, 1.82) is 0 Å². The van der Waals surface area contributed by atoms with E-state index in [4.69, 9.17) is 9.47 Å². The van der Waals surface area contributed by atoms with Crippen molar-refractivity contribution in [2.45, 2.75) is 26.0 Å². The zero-order chi connectivity index (χ0) is 18.2. The molecule has 2 N–H and O–H groups in total. The lowest BCUT2D eigenvalue weighted by molar-refractivity contribution is -0.0172. The van der Waals surface area contributed by atoms with Crippen LogP contribution in [0.15, 0.2) is 35.6 Å². The van der Waals surface area contributed by atoms with Gasteiger partial charge in [-0.25, -0.2) is 4.39 Å². The third kappa shape index (κ3) is 6.35. The predicted molar refractivity (Wildman–Crippen MR) is 112 cm³/mol. The highest BCUT2D eigenvalue weighted by Crippen LogP contribution is 2.29. The van der Waals surface area contributed by atoms with Crippen LogP contribution in [0.4, 0.5) is 4.39 Å². The topological polar surface area (TPSA) is 72.7 Å². The fourth-order valence-electron chi connectivity index (χ4n) is 2.86. The molecule has 2 heterocycles. The van der Waals surface area contributed by atoms with Crippen molar-refractivity contribution in [3.8, 4) is 5.75 Å². The molecule has 0 unspecified atom stereocenters. The predicted octanol–water partition coefficient (Wildman–Crippen LogP) is 2.30. The summed E-state index contributed by atoms with van der Waals surface area (Å²) >= 11 is 0. The molecule has 1 aliphatic rings. The molecule has 27 heavy (non-hydrogen) atoms. The summed E-state index contributed by atoms with van der Waals surface area (Å²) < 4.78 is 26.4. The number of ether oxygens (including phenoxy) is 2. The summed E-state index contributed by atoms with van der Waals surface area (Å²) in [7, 11) is 1.73. The van der Waals surface area contributed by atoms with E-state index < -0.39 is 0 Å². The molecule has 0 aliphatic carbocycles. The van der Waals surface area contributed by atoms with Gasteiger partial charge < -0.3 is 20.1 Å². The monoisotopic (exact) mass is 489 g/mol. The van der Waals surface area contributed by atoms with Crippen molar-refractivity contribution in [2.75, 3.05) is 26.9 Å². The summed E-state index contributed by atoms with van der Waals surface area (Å²) in [6, 6.07) is 4.90. The maximum absolute atomic E-state index is 13.8. The number of fused-ring (bicyclic) bond motifs is 1. The van der Waals surface area contributed by atoms with Gasteiger partial charge in [-0.05, 0) is 36.6 Å². The highest BCUT2D eigenvalue weighted by Gasteiger charge is 2.16. The molecule has 0 atom stereocenters. The molecule has 0 saturated heterocycles. The molecular weight excluding hydrogens is 464 g/mol. The maximum atomic E-state index is 13.8. The molecule has 0 amide bonds. The minimum atomic E-state index is -0.269. The van der Waals surface area contributed by atoms with E-state index in [1.165, 1.54) is 12.1 Å². The summed E-state index contributed by atoms with van der Waals surface area (Å²) in [5.74, 6) is 1.19. The van der Waals surface area contributed by atoms with Gasteiger partial charge in [0.25, 0.3) is 0 Å². The number of benzene rings is 1. The van der Waals surface area contributed by atoms with Crippen LogP contribution in [0.1, 0.15) is 17.5 Å². The number of aryl methyl sites for hydroxylation is 1. The van der Waals surface area contributed by atoms with Gasteiger partial charge in [0.15, 0.2) is 12.8 Å². The Hall–Kier alpha value is -1.88. The first kappa shape index (κ1) is 21.4. The zero-order valence-electron chi connectivity index (χ0n) is 15.3. The normalized spacial score (nSPS) is 13.3. The molecule has 7 nitrogen and oxygen atoms in total. The Kier molecular flexibility index (Phi) is 8.79. The van der Waals surface area contributed by atoms with Gasteiger partial charge in [0.05, 0.1) is 6.61 Å². The van der Waals surface area contributed by atoms with Crippen LogP contribution in [0.2, 0.25) is 0 Å². The Morgan fingerprint density at radius 3 is 2.96 bits per heavy atom. The average Bonchev–Trinajstić information content (AvgIpc) is 3.17. The molecular formula is C18H25FIN5O2. The van der Waals surface area contributed by atoms with Crippen LogP contribution in [0.25, 0.3) is 0 Å². The maximum Gasteiger partial charge on any atom is 0.190 e. The van der Waals surface area contributed by atoms with E-state index in [1.54, 1.807) is 13.2 Å². The SMILES string of the molecule is CN=C(NCCCn1cccn1)NCCc1cc(F)cc2c1OCOC2.I. The fraction of sp³-hybridized carbons (Fsp3) is 0.444. The van der Waals surface area contributed by atoms with E-state index in [0.29, 0.717) is 19.6 Å². The number of hydrogen-bond donors (Lipinski definition) is 2. The van der Waals surface area contributed by atoms with Crippen molar-refractivity contribution in [1.82, 2.24) is 20.4 Å². The number of rotatable bonds is 7. The summed E-state index contributed by atoms with van der Waals surface area (Å²) in [6.45, 7) is 2.85. The summed E-state index contributed by atoms with van der Waals surface area (Å²) in [6.07, 6.45) is 5.29. The first-order chi connectivity index (χ1) is 12.8. The molecule has 0 fully saturated rings. The largest absolute Gasteiger partial charge is 0.467 e. The highest BCUT2D eigenvalue weighted by molar-refractivity contribution is 14.0. The molecule has 0 radical (unpaired) electrons. The Morgan fingerprint density at radius 1 is 1.33 bits per heavy atom. The smallest absolute Gasteiger partial charge is 0.190 e. The molecule has 1 aromatic carbocycles. The van der Waals surface area contributed by atoms with Crippen LogP contribution >= 0.6 is 24.0 Å². The first-order valence-corrected chi connectivity index (χ1v) is 8.70. The van der Waals surface area contributed by atoms with Crippen molar-refractivity contribution in [3.05, 3.63) is 47.5 Å². The van der Waals surface area contributed by atoms with Gasteiger partial charge in [-0.2, -0.15) is 5.10 Å². The lowest BCUT2D eigenvalue weighted by Crippen LogP contribution is -2.39. The summed E-state index contributed by atoms with van der Waals surface area (Å²) in [5, 5.41) is 10.7. The second-order valence-corrected chi connectivity index (χ2v) is 5.96. The van der Waals surface area contributed by atoms with Crippen molar-refractivity contribution in [2.24, 2.45) is 4.99 Å². The average molecular weight is 489 g/mol. The quantitative estimate of drug-likeness (QED) is 0.271. The van der Waals surface area contributed by atoms with E-state index in [1.807, 2.05) is 16.9 Å². The van der Waals surface area contributed by atoms with E-state index in [9.17, 15) is 4.39 Å². The molecule has 148 valence electrons. The Labute approximate surface area is 175 Å². The third-order valence-corrected chi connectivity index (χ3v) is 4.08. The van der Waals surface area contributed by atoms with Gasteiger partial charge in [0.1, 0.15) is 11.6 Å². The number of aromatic nitrogens is 2. The minimum Gasteiger partial charge on any atom is -0.467 e. The molecule has 0 saturated carbocycles. The molecule has 1 aromatic heterocycles. The van der Waals surface area contributed by atoms with Crippen molar-refractivity contribution < 1.29 is 13.9 Å². The Morgan fingerprint density at radius 2 is 2.19 bits per heavy atom. The summed E-state index contributed by atoms with van der Waals surface area (Å²) in [5.41, 5.74) is 1.59. The van der Waals surface area contributed by atoms with Gasteiger partial charge in [-0.15, -0.1) is 24.0 Å². The number of hydrogen-bond acceptors (Lipinski definition) is 4. The van der Waals surface area contributed by atoms with Gasteiger partial charge in [-0.1, -0.05) is 0 Å². The molecule has 0 spiro atoms. The van der Waals surface area contributed by atoms with Crippen molar-refractivity contribution >= 4 is 29.9 Å². The number of nitrogens with zero attached hydrogens (tertiary/aromatic N) is 3. The molecule has 1 aliphatic heterocycles. The van der Waals surface area contributed by atoms with Crippen LogP contribution in [-0.2, 0) is 24.3 Å². The van der Waals surface area contributed by atoms with Gasteiger partial charge in [-0.3, -0.25) is 9.67 Å². The minimum absolute atomic E-state index is 0. The number of halogens is 2. The number of aliphatic imine (C=N–C) groups is 1.